The molecule has 0 spiro atoms. The molecule has 1 amide bonds. The normalized spacial score (nSPS) is 18.3. The number of hydrogen-bond acceptors (Lipinski definition) is 3. The van der Waals surface area contributed by atoms with Gasteiger partial charge < -0.3 is 4.90 Å². The van der Waals surface area contributed by atoms with Crippen LogP contribution in [0.4, 0.5) is 0 Å². The molecule has 0 N–H and O–H groups in total. The number of nitrogens with zero attached hydrogens (tertiary/aromatic N) is 3. The van der Waals surface area contributed by atoms with Gasteiger partial charge in [-0.15, -0.1) is 0 Å². The highest BCUT2D eigenvalue weighted by molar-refractivity contribution is 6.12. The summed E-state index contributed by atoms with van der Waals surface area (Å²) in [5, 5.41) is 2.02. The first-order valence-corrected chi connectivity index (χ1v) is 8.91. The SMILES string of the molecule is CN1CC[C@@H](/C(=N\C(=O)c2ccc3cnccc3c2)c2ccccc2)C1. The van der Waals surface area contributed by atoms with Gasteiger partial charge in [-0.25, -0.2) is 4.99 Å². The predicted octanol–water partition coefficient (Wildman–Crippen LogP) is 3.82. The third-order valence-electron chi connectivity index (χ3n) is 4.96. The Bertz CT molecular complexity index is 965. The Kier molecular flexibility index (Phi) is 4.59. The van der Waals surface area contributed by atoms with E-state index >= 15 is 0 Å². The Hall–Kier alpha value is -2.85. The monoisotopic (exact) mass is 343 g/mol. The van der Waals surface area contributed by atoms with Crippen LogP contribution in [0.2, 0.25) is 0 Å². The minimum Gasteiger partial charge on any atom is -0.306 e. The number of benzene rings is 2. The minimum atomic E-state index is -0.183. The second kappa shape index (κ2) is 7.18. The summed E-state index contributed by atoms with van der Waals surface area (Å²) >= 11 is 0. The fourth-order valence-corrected chi connectivity index (χ4v) is 3.55. The third-order valence-corrected chi connectivity index (χ3v) is 4.96. The molecule has 0 saturated carbocycles. The molecule has 4 rings (SSSR count). The van der Waals surface area contributed by atoms with E-state index in [0.717, 1.165) is 41.6 Å². The smallest absolute Gasteiger partial charge is 0.277 e. The van der Waals surface area contributed by atoms with E-state index in [4.69, 9.17) is 0 Å². The van der Waals surface area contributed by atoms with Crippen LogP contribution >= 0.6 is 0 Å². The lowest BCUT2D eigenvalue weighted by Crippen LogP contribution is -2.21. The van der Waals surface area contributed by atoms with Gasteiger partial charge >= 0.3 is 0 Å². The highest BCUT2D eigenvalue weighted by Gasteiger charge is 2.26. The molecule has 1 fully saturated rings. The van der Waals surface area contributed by atoms with Gasteiger partial charge in [0.1, 0.15) is 0 Å². The predicted molar refractivity (Wildman–Crippen MR) is 105 cm³/mol. The van der Waals surface area contributed by atoms with Gasteiger partial charge in [0, 0.05) is 35.8 Å². The fraction of sp³-hybridized carbons (Fsp3) is 0.227. The lowest BCUT2D eigenvalue weighted by atomic mass is 9.95. The van der Waals surface area contributed by atoms with Gasteiger partial charge in [0.15, 0.2) is 0 Å². The van der Waals surface area contributed by atoms with Gasteiger partial charge in [-0.05, 0) is 49.2 Å². The van der Waals surface area contributed by atoms with Gasteiger partial charge in [0.2, 0.25) is 0 Å². The van der Waals surface area contributed by atoms with Crippen molar-refractivity contribution in [1.29, 1.82) is 0 Å². The zero-order valence-corrected chi connectivity index (χ0v) is 14.8. The molecule has 2 aromatic carbocycles. The maximum absolute atomic E-state index is 12.9. The number of rotatable bonds is 3. The summed E-state index contributed by atoms with van der Waals surface area (Å²) < 4.78 is 0. The Balaban J connectivity index is 1.71. The lowest BCUT2D eigenvalue weighted by molar-refractivity contribution is 0.100. The molecule has 4 heteroatoms. The van der Waals surface area contributed by atoms with Gasteiger partial charge in [0.25, 0.3) is 5.91 Å². The lowest BCUT2D eigenvalue weighted by Gasteiger charge is -2.14. The summed E-state index contributed by atoms with van der Waals surface area (Å²) in [4.78, 5) is 23.9. The number of fused-ring (bicyclic) bond motifs is 1. The summed E-state index contributed by atoms with van der Waals surface area (Å²) in [6, 6.07) is 17.6. The van der Waals surface area contributed by atoms with E-state index in [0.29, 0.717) is 5.56 Å². The van der Waals surface area contributed by atoms with Crippen molar-refractivity contribution < 1.29 is 4.79 Å². The Labute approximate surface area is 153 Å². The van der Waals surface area contributed by atoms with E-state index in [1.807, 2.05) is 54.6 Å². The van der Waals surface area contributed by atoms with Crippen molar-refractivity contribution in [3.8, 4) is 0 Å². The molecule has 0 unspecified atom stereocenters. The molecule has 1 saturated heterocycles. The van der Waals surface area contributed by atoms with Crippen LogP contribution in [0.5, 0.6) is 0 Å². The zero-order valence-electron chi connectivity index (χ0n) is 14.8. The molecular weight excluding hydrogens is 322 g/mol. The zero-order chi connectivity index (χ0) is 17.9. The molecule has 0 aliphatic carbocycles. The number of pyridine rings is 1. The number of carbonyl (C=O) groups excluding carboxylic acids is 1. The minimum absolute atomic E-state index is 0.183. The van der Waals surface area contributed by atoms with E-state index in [9.17, 15) is 4.79 Å². The average Bonchev–Trinajstić information content (AvgIpc) is 3.12. The van der Waals surface area contributed by atoms with Crippen LogP contribution in [0, 0.1) is 5.92 Å². The molecule has 1 aliphatic rings. The van der Waals surface area contributed by atoms with Crippen molar-refractivity contribution in [2.24, 2.45) is 10.9 Å². The Morgan fingerprint density at radius 3 is 2.69 bits per heavy atom. The van der Waals surface area contributed by atoms with Crippen LogP contribution in [0.1, 0.15) is 22.3 Å². The molecule has 0 radical (unpaired) electrons. The van der Waals surface area contributed by atoms with Crippen LogP contribution in [-0.2, 0) is 0 Å². The van der Waals surface area contributed by atoms with Crippen LogP contribution in [-0.4, -0.2) is 41.6 Å². The van der Waals surface area contributed by atoms with Gasteiger partial charge in [-0.1, -0.05) is 36.4 Å². The first-order chi connectivity index (χ1) is 12.7. The van der Waals surface area contributed by atoms with Crippen LogP contribution in [0.3, 0.4) is 0 Å². The highest BCUT2D eigenvalue weighted by Crippen LogP contribution is 2.22. The van der Waals surface area contributed by atoms with Crippen molar-refractivity contribution >= 4 is 22.4 Å². The first kappa shape index (κ1) is 16.6. The summed E-state index contributed by atoms with van der Waals surface area (Å²) in [6.07, 6.45) is 4.57. The standard InChI is InChI=1S/C22H21N3O/c1-25-12-10-20(15-25)21(16-5-3-2-4-6-16)24-22(26)18-7-8-19-14-23-11-9-17(19)13-18/h2-9,11,13-14,20H,10,12,15H2,1H3/b24-21-/t20-/m1/s1. The number of amides is 1. The quantitative estimate of drug-likeness (QED) is 0.679. The highest BCUT2D eigenvalue weighted by atomic mass is 16.1. The summed E-state index contributed by atoms with van der Waals surface area (Å²) in [7, 11) is 2.11. The van der Waals surface area contributed by atoms with E-state index < -0.39 is 0 Å². The summed E-state index contributed by atoms with van der Waals surface area (Å²) in [6.45, 7) is 1.97. The maximum Gasteiger partial charge on any atom is 0.277 e. The average molecular weight is 343 g/mol. The van der Waals surface area contributed by atoms with E-state index in [2.05, 4.69) is 21.9 Å². The molecule has 130 valence electrons. The number of aliphatic imine (C=N–C) groups is 1. The molecule has 1 aromatic heterocycles. The maximum atomic E-state index is 12.9. The number of likely N-dealkylation sites (tertiary alicyclic amines) is 1. The van der Waals surface area contributed by atoms with Crippen LogP contribution in [0.15, 0.2) is 72.0 Å². The second-order valence-electron chi connectivity index (χ2n) is 6.85. The second-order valence-corrected chi connectivity index (χ2v) is 6.85. The van der Waals surface area contributed by atoms with E-state index in [1.54, 1.807) is 12.4 Å². The number of carbonyl (C=O) groups is 1. The Morgan fingerprint density at radius 2 is 1.92 bits per heavy atom. The van der Waals surface area contributed by atoms with Crippen molar-refractivity contribution in [3.63, 3.8) is 0 Å². The topological polar surface area (TPSA) is 45.6 Å². The van der Waals surface area contributed by atoms with Crippen molar-refractivity contribution in [2.45, 2.75) is 6.42 Å². The van der Waals surface area contributed by atoms with Gasteiger partial charge in [0.05, 0.1) is 5.71 Å². The molecule has 26 heavy (non-hydrogen) atoms. The van der Waals surface area contributed by atoms with Gasteiger partial charge in [-0.2, -0.15) is 0 Å². The molecule has 3 aromatic rings. The number of aromatic nitrogens is 1. The van der Waals surface area contributed by atoms with E-state index in [-0.39, 0.29) is 11.8 Å². The molecule has 4 nitrogen and oxygen atoms in total. The van der Waals surface area contributed by atoms with Crippen molar-refractivity contribution in [2.75, 3.05) is 20.1 Å². The molecule has 0 bridgehead atoms. The van der Waals surface area contributed by atoms with Crippen LogP contribution < -0.4 is 0 Å². The molecule has 2 heterocycles. The third kappa shape index (κ3) is 3.41. The number of hydrogen-bond donors (Lipinski definition) is 0. The van der Waals surface area contributed by atoms with Gasteiger partial charge in [-0.3, -0.25) is 9.78 Å². The first-order valence-electron chi connectivity index (χ1n) is 8.91. The van der Waals surface area contributed by atoms with Crippen LogP contribution in [0.25, 0.3) is 10.8 Å². The molecule has 1 aliphatic heterocycles. The summed E-state index contributed by atoms with van der Waals surface area (Å²) in [5.74, 6) is 0.105. The van der Waals surface area contributed by atoms with E-state index in [1.165, 1.54) is 0 Å². The Morgan fingerprint density at radius 1 is 1.08 bits per heavy atom. The molecular formula is C22H21N3O. The fourth-order valence-electron chi connectivity index (χ4n) is 3.55. The van der Waals surface area contributed by atoms with Crippen molar-refractivity contribution in [1.82, 2.24) is 9.88 Å². The molecule has 1 atom stereocenters. The largest absolute Gasteiger partial charge is 0.306 e. The van der Waals surface area contributed by atoms with Crippen molar-refractivity contribution in [3.05, 3.63) is 78.1 Å². The summed E-state index contributed by atoms with van der Waals surface area (Å²) in [5.41, 5.74) is 2.55.